The molecule has 0 atom stereocenters. The Morgan fingerprint density at radius 1 is 1.17 bits per heavy atom. The first kappa shape index (κ1) is 16.2. The second-order valence-electron chi connectivity index (χ2n) is 4.71. The summed E-state index contributed by atoms with van der Waals surface area (Å²) >= 11 is 5.65. The van der Waals surface area contributed by atoms with E-state index in [-0.39, 0.29) is 12.3 Å². The number of imide groups is 1. The average Bonchev–Trinajstić information content (AvgIpc) is 3.12. The van der Waals surface area contributed by atoms with Crippen LogP contribution in [0.5, 0.6) is 0 Å². The van der Waals surface area contributed by atoms with E-state index >= 15 is 0 Å². The van der Waals surface area contributed by atoms with Gasteiger partial charge in [0.2, 0.25) is 0 Å². The molecule has 1 aliphatic rings. The highest BCUT2D eigenvalue weighted by atomic mass is 79.9. The van der Waals surface area contributed by atoms with Crippen molar-refractivity contribution in [3.63, 3.8) is 0 Å². The first-order valence-corrected chi connectivity index (χ1v) is 9.11. The molecule has 2 aromatic rings. The molecule has 0 saturated carbocycles. The number of hydrogen-bond donors (Lipinski definition) is 0. The Hall–Kier alpha value is -1.70. The zero-order chi connectivity index (χ0) is 16.4. The molecule has 0 spiro atoms. The van der Waals surface area contributed by atoms with Crippen molar-refractivity contribution in [3.05, 3.63) is 61.6 Å². The smallest absolute Gasteiger partial charge is 0.292 e. The fourth-order valence-electron chi connectivity index (χ4n) is 2.01. The van der Waals surface area contributed by atoms with E-state index in [1.54, 1.807) is 30.3 Å². The highest BCUT2D eigenvalue weighted by molar-refractivity contribution is 9.10. The Balaban J connectivity index is 1.75. The summed E-state index contributed by atoms with van der Waals surface area (Å²) in [5.74, 6) is -0.684. The Kier molecular flexibility index (Phi) is 4.79. The van der Waals surface area contributed by atoms with Gasteiger partial charge in [0.15, 0.2) is 5.78 Å². The largest absolute Gasteiger partial charge is 0.293 e. The fourth-order valence-corrected chi connectivity index (χ4v) is 3.83. The molecule has 116 valence electrons. The van der Waals surface area contributed by atoms with Gasteiger partial charge in [-0.25, -0.2) is 0 Å². The zero-order valence-corrected chi connectivity index (χ0v) is 14.9. The van der Waals surface area contributed by atoms with Crippen molar-refractivity contribution in [1.29, 1.82) is 0 Å². The molecule has 0 radical (unpaired) electrons. The lowest BCUT2D eigenvalue weighted by Crippen LogP contribution is -2.33. The van der Waals surface area contributed by atoms with Gasteiger partial charge in [0.05, 0.1) is 11.4 Å². The third kappa shape index (κ3) is 3.63. The lowest BCUT2D eigenvalue weighted by molar-refractivity contribution is -0.122. The van der Waals surface area contributed by atoms with E-state index in [0.717, 1.165) is 26.0 Å². The fraction of sp³-hybridized carbons (Fsp3) is 0.0625. The molecule has 23 heavy (non-hydrogen) atoms. The summed E-state index contributed by atoms with van der Waals surface area (Å²) in [7, 11) is 0. The minimum atomic E-state index is -0.418. The van der Waals surface area contributed by atoms with Crippen molar-refractivity contribution in [3.8, 4) is 0 Å². The number of thiophene rings is 1. The highest BCUT2D eigenvalue weighted by Gasteiger charge is 2.36. The van der Waals surface area contributed by atoms with Gasteiger partial charge in [0.1, 0.15) is 0 Å². The predicted molar refractivity (Wildman–Crippen MR) is 95.5 cm³/mol. The maximum absolute atomic E-state index is 12.3. The Morgan fingerprint density at radius 3 is 2.57 bits per heavy atom. The number of Topliss-reactive ketones (excluding diaryl/α,β-unsaturated/α-hetero) is 1. The van der Waals surface area contributed by atoms with Gasteiger partial charge in [-0.1, -0.05) is 34.1 Å². The van der Waals surface area contributed by atoms with Gasteiger partial charge >= 0.3 is 0 Å². The molecule has 2 heterocycles. The summed E-state index contributed by atoms with van der Waals surface area (Å²) < 4.78 is 0.860. The van der Waals surface area contributed by atoms with E-state index in [0.29, 0.717) is 10.5 Å². The molecular weight excluding hydrogens is 398 g/mol. The number of hydrogen-bond acceptors (Lipinski definition) is 5. The topological polar surface area (TPSA) is 54.5 Å². The summed E-state index contributed by atoms with van der Waals surface area (Å²) in [5, 5.41) is 1.48. The van der Waals surface area contributed by atoms with Crippen LogP contribution in [0.25, 0.3) is 6.08 Å². The number of benzene rings is 1. The highest BCUT2D eigenvalue weighted by Crippen LogP contribution is 2.33. The van der Waals surface area contributed by atoms with Gasteiger partial charge in [0, 0.05) is 14.9 Å². The van der Waals surface area contributed by atoms with Crippen LogP contribution in [0.1, 0.15) is 15.2 Å². The summed E-state index contributed by atoms with van der Waals surface area (Å²) in [5.41, 5.74) is 0.467. The van der Waals surface area contributed by atoms with E-state index in [9.17, 15) is 14.4 Å². The van der Waals surface area contributed by atoms with E-state index in [1.165, 1.54) is 11.3 Å². The van der Waals surface area contributed by atoms with Crippen LogP contribution in [0, 0.1) is 0 Å². The summed E-state index contributed by atoms with van der Waals surface area (Å²) in [4.78, 5) is 38.8. The van der Waals surface area contributed by atoms with E-state index in [4.69, 9.17) is 0 Å². The maximum Gasteiger partial charge on any atom is 0.293 e. The molecule has 0 N–H and O–H groups in total. The molecule has 0 aliphatic carbocycles. The monoisotopic (exact) mass is 407 g/mol. The minimum Gasteiger partial charge on any atom is -0.292 e. The Bertz CT molecular complexity index is 797. The normalized spacial score (nSPS) is 16.4. The number of thioether (sulfide) groups is 1. The van der Waals surface area contributed by atoms with Crippen LogP contribution in [0.2, 0.25) is 0 Å². The van der Waals surface area contributed by atoms with Crippen molar-refractivity contribution in [2.24, 2.45) is 0 Å². The predicted octanol–water partition coefficient (Wildman–Crippen LogP) is 4.43. The number of carbonyl (C=O) groups is 3. The van der Waals surface area contributed by atoms with Gasteiger partial charge in [-0.3, -0.25) is 19.3 Å². The molecule has 4 nitrogen and oxygen atoms in total. The van der Waals surface area contributed by atoms with Crippen LogP contribution in [0.4, 0.5) is 4.79 Å². The van der Waals surface area contributed by atoms with Crippen LogP contribution in [-0.2, 0) is 4.79 Å². The molecule has 1 fully saturated rings. The van der Waals surface area contributed by atoms with E-state index in [2.05, 4.69) is 15.9 Å². The molecule has 1 aromatic heterocycles. The number of halogens is 1. The third-order valence-electron chi connectivity index (χ3n) is 3.16. The molecule has 1 aromatic carbocycles. The standard InChI is InChI=1S/C16H10BrNO3S2/c17-11-5-3-10(4-6-11)13(19)9-18-15(20)14(23-16(18)21)8-12-2-1-7-22-12/h1-8H,9H2/b14-8+. The second kappa shape index (κ2) is 6.82. The van der Waals surface area contributed by atoms with Crippen molar-refractivity contribution in [2.75, 3.05) is 6.54 Å². The summed E-state index contributed by atoms with van der Waals surface area (Å²) in [6, 6.07) is 10.6. The van der Waals surface area contributed by atoms with Crippen LogP contribution in [-0.4, -0.2) is 28.4 Å². The molecule has 0 unspecified atom stereocenters. The van der Waals surface area contributed by atoms with Crippen molar-refractivity contribution >= 4 is 62.0 Å². The van der Waals surface area contributed by atoms with Gasteiger partial charge in [-0.15, -0.1) is 11.3 Å². The second-order valence-corrected chi connectivity index (χ2v) is 7.60. The molecule has 1 aliphatic heterocycles. The van der Waals surface area contributed by atoms with Crippen molar-refractivity contribution in [1.82, 2.24) is 4.90 Å². The van der Waals surface area contributed by atoms with Crippen molar-refractivity contribution in [2.45, 2.75) is 0 Å². The lowest BCUT2D eigenvalue weighted by Gasteiger charge is -2.11. The van der Waals surface area contributed by atoms with Crippen LogP contribution >= 0.6 is 39.0 Å². The summed E-state index contributed by atoms with van der Waals surface area (Å²) in [6.07, 6.45) is 1.68. The first-order chi connectivity index (χ1) is 11.0. The molecule has 1 saturated heterocycles. The van der Waals surface area contributed by atoms with Crippen LogP contribution in [0.15, 0.2) is 51.2 Å². The molecule has 7 heteroatoms. The minimum absolute atomic E-state index is 0.242. The molecule has 3 rings (SSSR count). The third-order valence-corrected chi connectivity index (χ3v) is 5.41. The van der Waals surface area contributed by atoms with Crippen molar-refractivity contribution < 1.29 is 14.4 Å². The number of carbonyl (C=O) groups excluding carboxylic acids is 3. The maximum atomic E-state index is 12.3. The van der Waals surface area contributed by atoms with Crippen LogP contribution < -0.4 is 0 Å². The van der Waals surface area contributed by atoms with E-state index in [1.807, 2.05) is 17.5 Å². The number of nitrogens with zero attached hydrogens (tertiary/aromatic N) is 1. The summed E-state index contributed by atoms with van der Waals surface area (Å²) in [6.45, 7) is -0.242. The quantitative estimate of drug-likeness (QED) is 0.555. The average molecular weight is 408 g/mol. The van der Waals surface area contributed by atoms with Gasteiger partial charge in [-0.2, -0.15) is 0 Å². The van der Waals surface area contributed by atoms with E-state index < -0.39 is 11.1 Å². The first-order valence-electron chi connectivity index (χ1n) is 6.62. The number of ketones is 1. The van der Waals surface area contributed by atoms with Gasteiger partial charge in [0.25, 0.3) is 11.1 Å². The lowest BCUT2D eigenvalue weighted by atomic mass is 10.1. The molecule has 2 amide bonds. The number of amides is 2. The molecule has 0 bridgehead atoms. The van der Waals surface area contributed by atoms with Crippen LogP contribution in [0.3, 0.4) is 0 Å². The Morgan fingerprint density at radius 2 is 1.91 bits per heavy atom. The number of rotatable bonds is 4. The SMILES string of the molecule is O=C(CN1C(=O)S/C(=C/c2cccs2)C1=O)c1ccc(Br)cc1. The zero-order valence-electron chi connectivity index (χ0n) is 11.7. The molecular formula is C16H10BrNO3S2. The van der Waals surface area contributed by atoms with Gasteiger partial charge < -0.3 is 0 Å². The van der Waals surface area contributed by atoms with Gasteiger partial charge in [-0.05, 0) is 41.4 Å². The Labute approximate surface area is 149 Å².